The largest absolute Gasteiger partial charge is 0.337 e. The second kappa shape index (κ2) is 9.36. The third kappa shape index (κ3) is 4.92. The van der Waals surface area contributed by atoms with Crippen LogP contribution >= 0.6 is 0 Å². The van der Waals surface area contributed by atoms with Gasteiger partial charge in [-0.3, -0.25) is 0 Å². The quantitative estimate of drug-likeness (QED) is 0.501. The number of hydrogen-bond donors (Lipinski definition) is 0. The number of carbonyl (C=O) groups is 1. The Labute approximate surface area is 147 Å². The molecule has 0 amide bonds. The summed E-state index contributed by atoms with van der Waals surface area (Å²) < 4.78 is 0. The van der Waals surface area contributed by atoms with Crippen molar-refractivity contribution in [1.82, 2.24) is 4.90 Å². The van der Waals surface area contributed by atoms with Gasteiger partial charge in [-0.05, 0) is 70.0 Å². The molecule has 0 bridgehead atoms. The maximum atomic E-state index is 11.7. The zero-order valence-corrected chi connectivity index (χ0v) is 15.9. The maximum Gasteiger partial charge on any atom is 0.337 e. The van der Waals surface area contributed by atoms with Crippen LogP contribution in [0, 0.1) is 5.92 Å². The van der Waals surface area contributed by atoms with Gasteiger partial charge in [-0.15, -0.1) is 0 Å². The van der Waals surface area contributed by atoms with Gasteiger partial charge < -0.3 is 9.74 Å². The molecular formula is C20H34N2O2. The van der Waals surface area contributed by atoms with Crippen LogP contribution in [0.2, 0.25) is 0 Å². The fraction of sp³-hybridized carbons (Fsp3) is 0.800. The molecule has 1 unspecified atom stereocenters. The molecule has 0 saturated carbocycles. The van der Waals surface area contributed by atoms with Crippen molar-refractivity contribution >= 4 is 11.7 Å². The van der Waals surface area contributed by atoms with Crippen molar-refractivity contribution < 1.29 is 9.63 Å². The molecule has 0 aromatic heterocycles. The van der Waals surface area contributed by atoms with Crippen LogP contribution in [-0.2, 0) is 9.63 Å². The van der Waals surface area contributed by atoms with E-state index in [2.05, 4.69) is 23.9 Å². The minimum absolute atomic E-state index is 0.126. The summed E-state index contributed by atoms with van der Waals surface area (Å²) in [6.45, 7) is 10.6. The lowest BCUT2D eigenvalue weighted by molar-refractivity contribution is -0.147. The van der Waals surface area contributed by atoms with Gasteiger partial charge in [0.15, 0.2) is 0 Å². The van der Waals surface area contributed by atoms with E-state index in [1.54, 1.807) is 5.57 Å². The van der Waals surface area contributed by atoms with Crippen LogP contribution in [0.3, 0.4) is 0 Å². The molecule has 2 rings (SSSR count). The summed E-state index contributed by atoms with van der Waals surface area (Å²) in [4.78, 5) is 19.5. The van der Waals surface area contributed by atoms with E-state index in [0.29, 0.717) is 6.04 Å². The molecule has 0 aliphatic heterocycles. The van der Waals surface area contributed by atoms with E-state index in [1.165, 1.54) is 50.8 Å². The van der Waals surface area contributed by atoms with Crippen molar-refractivity contribution in [3.63, 3.8) is 0 Å². The highest BCUT2D eigenvalue weighted by atomic mass is 16.7. The Morgan fingerprint density at radius 2 is 1.92 bits per heavy atom. The van der Waals surface area contributed by atoms with Crippen molar-refractivity contribution in [1.29, 1.82) is 0 Å². The van der Waals surface area contributed by atoms with E-state index in [-0.39, 0.29) is 11.9 Å². The third-order valence-electron chi connectivity index (χ3n) is 5.13. The summed E-state index contributed by atoms with van der Waals surface area (Å²) >= 11 is 0. The molecule has 136 valence electrons. The molecule has 2 aliphatic carbocycles. The number of hydrogen-bond acceptors (Lipinski definition) is 4. The second-order valence-electron chi connectivity index (χ2n) is 7.47. The van der Waals surface area contributed by atoms with Crippen molar-refractivity contribution in [3.8, 4) is 0 Å². The Hall–Kier alpha value is -1.16. The number of allylic oxidation sites excluding steroid dienone is 1. The van der Waals surface area contributed by atoms with Crippen molar-refractivity contribution in [3.05, 3.63) is 11.1 Å². The SMILES string of the molecule is CCCN(CCC)C1CCC2=C(CCC/C2=N\OC(=O)C(C)C)C1. The molecule has 0 radical (unpaired) electrons. The Morgan fingerprint density at radius 3 is 2.54 bits per heavy atom. The van der Waals surface area contributed by atoms with Gasteiger partial charge >= 0.3 is 5.97 Å². The average Bonchev–Trinajstić information content (AvgIpc) is 2.58. The summed E-state index contributed by atoms with van der Waals surface area (Å²) in [6.07, 6.45) is 9.17. The predicted molar refractivity (Wildman–Crippen MR) is 99.0 cm³/mol. The van der Waals surface area contributed by atoms with Crippen LogP contribution in [0.25, 0.3) is 0 Å². The van der Waals surface area contributed by atoms with Gasteiger partial charge in [0.05, 0.1) is 11.6 Å². The van der Waals surface area contributed by atoms with E-state index in [0.717, 1.165) is 25.0 Å². The van der Waals surface area contributed by atoms with E-state index in [4.69, 9.17) is 4.84 Å². The van der Waals surface area contributed by atoms with Gasteiger partial charge in [-0.2, -0.15) is 0 Å². The van der Waals surface area contributed by atoms with Gasteiger partial charge in [-0.1, -0.05) is 38.4 Å². The lowest BCUT2D eigenvalue weighted by Gasteiger charge is -2.37. The van der Waals surface area contributed by atoms with Crippen LogP contribution in [0.5, 0.6) is 0 Å². The molecule has 0 spiro atoms. The first-order valence-corrected chi connectivity index (χ1v) is 9.79. The van der Waals surface area contributed by atoms with Crippen molar-refractivity contribution in [2.75, 3.05) is 13.1 Å². The topological polar surface area (TPSA) is 41.9 Å². The minimum atomic E-state index is -0.235. The summed E-state index contributed by atoms with van der Waals surface area (Å²) in [7, 11) is 0. The van der Waals surface area contributed by atoms with Gasteiger partial charge in [0.1, 0.15) is 0 Å². The molecule has 2 aliphatic rings. The molecular weight excluding hydrogens is 300 g/mol. The van der Waals surface area contributed by atoms with Crippen LogP contribution in [-0.4, -0.2) is 35.7 Å². The van der Waals surface area contributed by atoms with Crippen molar-refractivity contribution in [2.24, 2.45) is 11.1 Å². The van der Waals surface area contributed by atoms with Crippen LogP contribution in [0.1, 0.15) is 79.1 Å². The molecule has 0 aromatic rings. The van der Waals surface area contributed by atoms with Gasteiger partial charge in [-0.25, -0.2) is 4.79 Å². The highest BCUT2D eigenvalue weighted by molar-refractivity contribution is 6.01. The molecule has 4 nitrogen and oxygen atoms in total. The van der Waals surface area contributed by atoms with Crippen molar-refractivity contribution in [2.45, 2.75) is 85.1 Å². The van der Waals surface area contributed by atoms with E-state index < -0.39 is 0 Å². The molecule has 0 N–H and O–H groups in total. The Bertz CT molecular complexity index is 488. The normalized spacial score (nSPS) is 23.1. The first-order chi connectivity index (χ1) is 11.6. The van der Waals surface area contributed by atoms with Gasteiger partial charge in [0, 0.05) is 6.04 Å². The molecule has 0 aromatic carbocycles. The first-order valence-electron chi connectivity index (χ1n) is 9.79. The monoisotopic (exact) mass is 334 g/mol. The highest BCUT2D eigenvalue weighted by Crippen LogP contribution is 2.36. The Kier molecular flexibility index (Phi) is 7.47. The molecule has 4 heteroatoms. The van der Waals surface area contributed by atoms with E-state index in [1.807, 2.05) is 13.8 Å². The lowest BCUT2D eigenvalue weighted by atomic mass is 9.78. The van der Waals surface area contributed by atoms with E-state index >= 15 is 0 Å². The van der Waals surface area contributed by atoms with Gasteiger partial charge in [0.25, 0.3) is 0 Å². The van der Waals surface area contributed by atoms with Crippen LogP contribution in [0.4, 0.5) is 0 Å². The predicted octanol–water partition coefficient (Wildman–Crippen LogP) is 4.70. The lowest BCUT2D eigenvalue weighted by Crippen LogP contribution is -2.39. The Morgan fingerprint density at radius 1 is 1.21 bits per heavy atom. The minimum Gasteiger partial charge on any atom is -0.318 e. The second-order valence-corrected chi connectivity index (χ2v) is 7.47. The number of rotatable bonds is 7. The fourth-order valence-electron chi connectivity index (χ4n) is 3.89. The van der Waals surface area contributed by atoms with E-state index in [9.17, 15) is 4.79 Å². The van der Waals surface area contributed by atoms with Crippen LogP contribution in [0.15, 0.2) is 16.3 Å². The molecule has 24 heavy (non-hydrogen) atoms. The maximum absolute atomic E-state index is 11.7. The summed E-state index contributed by atoms with van der Waals surface area (Å²) in [6, 6.07) is 0.682. The average molecular weight is 335 g/mol. The zero-order chi connectivity index (χ0) is 17.5. The summed E-state index contributed by atoms with van der Waals surface area (Å²) in [5.41, 5.74) is 3.98. The number of nitrogens with zero attached hydrogens (tertiary/aromatic N) is 2. The first kappa shape index (κ1) is 19.2. The molecule has 1 atom stereocenters. The molecule has 0 heterocycles. The number of carbonyl (C=O) groups excluding carboxylic acids is 1. The molecule has 0 fully saturated rings. The van der Waals surface area contributed by atoms with Gasteiger partial charge in [0.2, 0.25) is 0 Å². The summed E-state index contributed by atoms with van der Waals surface area (Å²) in [5.74, 6) is -0.361. The smallest absolute Gasteiger partial charge is 0.318 e. The molecule has 0 saturated heterocycles. The third-order valence-corrected chi connectivity index (χ3v) is 5.13. The van der Waals surface area contributed by atoms with Crippen LogP contribution < -0.4 is 0 Å². The fourth-order valence-corrected chi connectivity index (χ4v) is 3.89. The Balaban J connectivity index is 2.07. The summed E-state index contributed by atoms with van der Waals surface area (Å²) in [5, 5.41) is 4.23. The standard InChI is InChI=1S/C20H34N2O2/c1-5-12-22(13-6-2)17-10-11-18-16(14-17)8-7-9-19(18)21-24-20(23)15(3)4/h15,17H,5-14H2,1-4H3/b21-19+. The highest BCUT2D eigenvalue weighted by Gasteiger charge is 2.29. The zero-order valence-electron chi connectivity index (χ0n) is 15.9. The number of oxime groups is 1.